The van der Waals surface area contributed by atoms with Crippen molar-refractivity contribution in [2.24, 2.45) is 0 Å². The van der Waals surface area contributed by atoms with Crippen molar-refractivity contribution >= 4 is 47.4 Å². The highest BCUT2D eigenvalue weighted by Gasteiger charge is 2.38. The maximum Gasteiger partial charge on any atom is 0.148 e. The SMILES string of the molecule is BC(Nc1cc(Cl)c2ncc(C#N)c(NN(CC)c3ccccc3)c2c1)(C1=CN(C2CC2)NN1)c1ccc(F)cc1. The second kappa shape index (κ2) is 10.8. The number of rotatable bonds is 9. The summed E-state index contributed by atoms with van der Waals surface area (Å²) < 4.78 is 13.9. The third-order valence-electron chi connectivity index (χ3n) is 7.56. The van der Waals surface area contributed by atoms with Gasteiger partial charge in [0.2, 0.25) is 0 Å². The van der Waals surface area contributed by atoms with Crippen LogP contribution in [0, 0.1) is 17.1 Å². The number of pyridine rings is 1. The molecule has 1 aliphatic carbocycles. The Morgan fingerprint density at radius 3 is 2.63 bits per heavy atom. The molecule has 0 bridgehead atoms. The molecule has 2 heterocycles. The summed E-state index contributed by atoms with van der Waals surface area (Å²) in [6.45, 7) is 2.68. The number of nitrogens with zero attached hydrogens (tertiary/aromatic N) is 4. The van der Waals surface area contributed by atoms with Crippen LogP contribution in [0.3, 0.4) is 0 Å². The van der Waals surface area contributed by atoms with Gasteiger partial charge in [0.05, 0.1) is 38.6 Å². The summed E-state index contributed by atoms with van der Waals surface area (Å²) in [5, 5.41) is 18.8. The maximum absolute atomic E-state index is 13.9. The third-order valence-corrected chi connectivity index (χ3v) is 7.85. The quantitative estimate of drug-likeness (QED) is 0.167. The van der Waals surface area contributed by atoms with Crippen LogP contribution in [0.25, 0.3) is 10.9 Å². The van der Waals surface area contributed by atoms with Gasteiger partial charge in [0.25, 0.3) is 0 Å². The van der Waals surface area contributed by atoms with E-state index in [1.165, 1.54) is 18.3 Å². The Bertz CT molecular complexity index is 1660. The molecule has 1 aliphatic heterocycles. The largest absolute Gasteiger partial charge is 0.378 e. The van der Waals surface area contributed by atoms with E-state index in [1.54, 1.807) is 12.1 Å². The highest BCUT2D eigenvalue weighted by Crippen LogP contribution is 2.38. The zero-order valence-electron chi connectivity index (χ0n) is 22.7. The van der Waals surface area contributed by atoms with Gasteiger partial charge in [-0.05, 0) is 61.7 Å². The predicted octanol–water partition coefficient (Wildman–Crippen LogP) is 4.98. The van der Waals surface area contributed by atoms with Crippen molar-refractivity contribution in [3.63, 3.8) is 0 Å². The van der Waals surface area contributed by atoms with E-state index in [1.807, 2.05) is 62.2 Å². The minimum Gasteiger partial charge on any atom is -0.378 e. The first-order chi connectivity index (χ1) is 19.9. The molecule has 1 aromatic heterocycles. The second-order valence-electron chi connectivity index (χ2n) is 10.4. The standard InChI is InChI=1S/C30H29BClFN8/c1-2-40(23-6-4-3-5-7-23)38-28-19(16-34)17-35-29-25(28)14-22(15-26(29)32)36-30(31,20-8-10-21(33)11-9-20)27-18-41(39-37-27)24-12-13-24/h3-11,14-15,17-18,24,36-37,39H,2,12-13,31H2,1H3,(H,35,38). The molecule has 4 N–H and O–H groups in total. The van der Waals surface area contributed by atoms with Crippen LogP contribution < -0.4 is 26.7 Å². The lowest BCUT2D eigenvalue weighted by atomic mass is 9.69. The summed E-state index contributed by atoms with van der Waals surface area (Å²) in [4.78, 5) is 4.51. The molecule has 1 atom stereocenters. The number of nitriles is 1. The van der Waals surface area contributed by atoms with Crippen LogP contribution in [-0.2, 0) is 5.44 Å². The summed E-state index contributed by atoms with van der Waals surface area (Å²) in [5.74, 6) is -0.305. The van der Waals surface area contributed by atoms with Gasteiger partial charge in [0.1, 0.15) is 19.7 Å². The monoisotopic (exact) mass is 566 g/mol. The first kappa shape index (κ1) is 26.8. The Labute approximate surface area is 244 Å². The minimum absolute atomic E-state index is 0.305. The Morgan fingerprint density at radius 2 is 1.95 bits per heavy atom. The molecule has 0 saturated heterocycles. The average Bonchev–Trinajstić information content (AvgIpc) is 3.72. The number of anilines is 3. The molecule has 206 valence electrons. The van der Waals surface area contributed by atoms with E-state index in [0.717, 1.165) is 29.8 Å². The lowest BCUT2D eigenvalue weighted by molar-refractivity contribution is 0.260. The number of fused-ring (bicyclic) bond motifs is 1. The highest BCUT2D eigenvalue weighted by atomic mass is 35.5. The van der Waals surface area contributed by atoms with Crippen molar-refractivity contribution in [1.82, 2.24) is 21.0 Å². The van der Waals surface area contributed by atoms with Gasteiger partial charge in [0.15, 0.2) is 0 Å². The van der Waals surface area contributed by atoms with Gasteiger partial charge in [-0.15, -0.1) is 5.53 Å². The molecular weight excluding hydrogens is 538 g/mol. The molecule has 3 aromatic carbocycles. The normalized spacial score (nSPS) is 16.0. The van der Waals surface area contributed by atoms with E-state index in [2.05, 4.69) is 44.0 Å². The first-order valence-electron chi connectivity index (χ1n) is 13.6. The van der Waals surface area contributed by atoms with Crippen LogP contribution in [0.4, 0.5) is 21.5 Å². The molecule has 4 aromatic rings. The molecule has 1 unspecified atom stereocenters. The molecule has 41 heavy (non-hydrogen) atoms. The Kier molecular flexibility index (Phi) is 7.07. The van der Waals surface area contributed by atoms with Gasteiger partial charge in [-0.2, -0.15) is 5.26 Å². The minimum atomic E-state index is -0.783. The molecule has 1 fully saturated rings. The molecular formula is C30H29BClFN8. The molecule has 8 nitrogen and oxygen atoms in total. The number of benzene rings is 3. The summed E-state index contributed by atoms with van der Waals surface area (Å²) in [6.07, 6.45) is 5.84. The van der Waals surface area contributed by atoms with Crippen LogP contribution in [0.1, 0.15) is 30.9 Å². The molecule has 0 spiro atoms. The predicted molar refractivity (Wildman–Crippen MR) is 164 cm³/mol. The van der Waals surface area contributed by atoms with Gasteiger partial charge >= 0.3 is 0 Å². The molecule has 6 rings (SSSR count). The van der Waals surface area contributed by atoms with Crippen LogP contribution in [0.2, 0.25) is 5.02 Å². The number of para-hydroxylation sites is 1. The molecule has 11 heteroatoms. The topological polar surface area (TPSA) is 91.3 Å². The summed E-state index contributed by atoms with van der Waals surface area (Å²) in [5.41, 5.74) is 14.2. The van der Waals surface area contributed by atoms with E-state index in [4.69, 9.17) is 11.6 Å². The molecule has 0 amide bonds. The fourth-order valence-electron chi connectivity index (χ4n) is 5.10. The van der Waals surface area contributed by atoms with Gasteiger partial charge in [-0.1, -0.05) is 41.9 Å². The number of hydrazine groups is 3. The first-order valence-corrected chi connectivity index (χ1v) is 14.0. The van der Waals surface area contributed by atoms with Crippen molar-refractivity contribution in [2.45, 2.75) is 31.2 Å². The molecule has 1 saturated carbocycles. The van der Waals surface area contributed by atoms with Gasteiger partial charge in [-0.25, -0.2) is 4.39 Å². The number of hydrogen-bond acceptors (Lipinski definition) is 8. The van der Waals surface area contributed by atoms with E-state index < -0.39 is 5.44 Å². The maximum atomic E-state index is 13.9. The van der Waals surface area contributed by atoms with E-state index in [0.29, 0.717) is 45.5 Å². The fourth-order valence-corrected chi connectivity index (χ4v) is 5.37. The average molecular weight is 567 g/mol. The van der Waals surface area contributed by atoms with E-state index >= 15 is 0 Å². The van der Waals surface area contributed by atoms with Crippen molar-refractivity contribution in [1.29, 1.82) is 5.26 Å². The smallest absolute Gasteiger partial charge is 0.148 e. The third kappa shape index (κ3) is 5.22. The second-order valence-corrected chi connectivity index (χ2v) is 10.8. The summed E-state index contributed by atoms with van der Waals surface area (Å²) in [6, 6.07) is 22.8. The van der Waals surface area contributed by atoms with Crippen LogP contribution in [0.5, 0.6) is 0 Å². The lowest BCUT2D eigenvalue weighted by Crippen LogP contribution is -2.45. The highest BCUT2D eigenvalue weighted by molar-refractivity contribution is 6.36. The fraction of sp³-hybridized carbons (Fsp3) is 0.200. The van der Waals surface area contributed by atoms with Crippen molar-refractivity contribution in [3.8, 4) is 6.07 Å². The van der Waals surface area contributed by atoms with Gasteiger partial charge < -0.3 is 10.7 Å². The van der Waals surface area contributed by atoms with E-state index in [9.17, 15) is 9.65 Å². The summed E-state index contributed by atoms with van der Waals surface area (Å²) >= 11 is 6.82. The number of nitrogens with one attached hydrogen (secondary N) is 4. The number of hydrogen-bond donors (Lipinski definition) is 4. The molecule has 2 aliphatic rings. The lowest BCUT2D eigenvalue weighted by Gasteiger charge is -2.34. The van der Waals surface area contributed by atoms with Gasteiger partial charge in [0, 0.05) is 36.1 Å². The Hall–Kier alpha value is -4.46. The summed E-state index contributed by atoms with van der Waals surface area (Å²) in [7, 11) is 2.03. The van der Waals surface area contributed by atoms with Crippen molar-refractivity contribution in [3.05, 3.63) is 107 Å². The number of halogens is 2. The van der Waals surface area contributed by atoms with E-state index in [-0.39, 0.29) is 5.82 Å². The number of aromatic nitrogens is 1. The molecule has 0 radical (unpaired) electrons. The van der Waals surface area contributed by atoms with Crippen molar-refractivity contribution < 1.29 is 4.39 Å². The zero-order chi connectivity index (χ0) is 28.6. The Balaban J connectivity index is 1.44. The van der Waals surface area contributed by atoms with Crippen molar-refractivity contribution in [2.75, 3.05) is 22.3 Å². The van der Waals surface area contributed by atoms with Crippen LogP contribution in [0.15, 0.2) is 84.8 Å². The zero-order valence-corrected chi connectivity index (χ0v) is 23.5. The van der Waals surface area contributed by atoms with Gasteiger partial charge in [-0.3, -0.25) is 20.4 Å². The Morgan fingerprint density at radius 1 is 1.20 bits per heavy atom. The van der Waals surface area contributed by atoms with Crippen LogP contribution in [-0.4, -0.2) is 30.4 Å². The van der Waals surface area contributed by atoms with Crippen LogP contribution >= 0.6 is 11.6 Å².